The number of aliphatic imine (C=N–C) groups is 2. The minimum absolute atomic E-state index is 0.705. The number of imidazole rings is 1. The summed E-state index contributed by atoms with van der Waals surface area (Å²) in [6, 6.07) is 0. The number of nitrogens with two attached hydrogens (primary N) is 1. The predicted octanol–water partition coefficient (Wildman–Crippen LogP) is 4.62. The molecule has 6 nitrogen and oxygen atoms in total. The molecule has 0 atom stereocenters. The van der Waals surface area contributed by atoms with E-state index in [4.69, 9.17) is 10.7 Å². The van der Waals surface area contributed by atoms with Gasteiger partial charge >= 0.3 is 0 Å². The van der Waals surface area contributed by atoms with E-state index in [1.165, 1.54) is 5.57 Å². The lowest BCUT2D eigenvalue weighted by Gasteiger charge is -2.25. The van der Waals surface area contributed by atoms with E-state index >= 15 is 0 Å². The predicted molar refractivity (Wildman–Crippen MR) is 128 cm³/mol. The molecule has 0 amide bonds. The Balaban J connectivity index is 1.52. The van der Waals surface area contributed by atoms with Gasteiger partial charge in [-0.25, -0.2) is 9.98 Å². The molecule has 2 aliphatic heterocycles. The molecule has 160 valence electrons. The fraction of sp³-hybridized carbons (Fsp3) is 0.320. The normalized spacial score (nSPS) is 19.0. The third kappa shape index (κ3) is 5.20. The summed E-state index contributed by atoms with van der Waals surface area (Å²) >= 11 is 0. The van der Waals surface area contributed by atoms with Gasteiger partial charge in [0, 0.05) is 31.3 Å². The largest absolute Gasteiger partial charge is 0.397 e. The lowest BCUT2D eigenvalue weighted by atomic mass is 10.1. The summed E-state index contributed by atoms with van der Waals surface area (Å²) in [4.78, 5) is 16.0. The molecule has 1 aliphatic carbocycles. The molecular formula is C25H30N6. The monoisotopic (exact) mass is 414 g/mol. The molecule has 31 heavy (non-hydrogen) atoms. The highest BCUT2D eigenvalue weighted by Gasteiger charge is 2.18. The maximum Gasteiger partial charge on any atom is 0.154 e. The van der Waals surface area contributed by atoms with E-state index < -0.39 is 0 Å². The fourth-order valence-corrected chi connectivity index (χ4v) is 3.92. The number of rotatable bonds is 7. The van der Waals surface area contributed by atoms with Crippen molar-refractivity contribution in [1.29, 1.82) is 0 Å². The molecule has 1 aromatic rings. The molecule has 0 spiro atoms. The second kappa shape index (κ2) is 10.1. The van der Waals surface area contributed by atoms with Crippen molar-refractivity contribution in [2.75, 3.05) is 6.54 Å². The van der Waals surface area contributed by atoms with E-state index in [0.717, 1.165) is 67.2 Å². The molecule has 0 saturated carbocycles. The molecular weight excluding hydrogens is 384 g/mol. The van der Waals surface area contributed by atoms with Gasteiger partial charge in [0.2, 0.25) is 0 Å². The van der Waals surface area contributed by atoms with Gasteiger partial charge in [-0.3, -0.25) is 4.99 Å². The van der Waals surface area contributed by atoms with Gasteiger partial charge in [0.05, 0.1) is 30.0 Å². The molecule has 3 heterocycles. The maximum absolute atomic E-state index is 6.38. The molecule has 4 rings (SSSR count). The SMILES string of the molecule is CCCC1=C(Cn2ccnc2C2=NC=CCC2)N=CN(/C=C(\N)C2=CCC=CC=C2)C1. The summed E-state index contributed by atoms with van der Waals surface area (Å²) in [5, 5.41) is 0. The summed E-state index contributed by atoms with van der Waals surface area (Å²) in [5.74, 6) is 0.940. The van der Waals surface area contributed by atoms with Crippen molar-refractivity contribution in [1.82, 2.24) is 14.5 Å². The summed E-state index contributed by atoms with van der Waals surface area (Å²) in [6.45, 7) is 3.71. The van der Waals surface area contributed by atoms with Crippen LogP contribution in [0.5, 0.6) is 0 Å². The fourth-order valence-electron chi connectivity index (χ4n) is 3.92. The highest BCUT2D eigenvalue weighted by molar-refractivity contribution is 5.98. The molecule has 3 aliphatic rings. The van der Waals surface area contributed by atoms with E-state index in [0.29, 0.717) is 6.54 Å². The van der Waals surface area contributed by atoms with E-state index in [1.807, 2.05) is 49.4 Å². The lowest BCUT2D eigenvalue weighted by Crippen LogP contribution is -2.26. The van der Waals surface area contributed by atoms with Crippen molar-refractivity contribution in [2.45, 2.75) is 45.6 Å². The Hall–Kier alpha value is -3.41. The van der Waals surface area contributed by atoms with Crippen molar-refractivity contribution in [3.63, 3.8) is 0 Å². The van der Waals surface area contributed by atoms with Crippen LogP contribution in [0.25, 0.3) is 0 Å². The van der Waals surface area contributed by atoms with Crippen molar-refractivity contribution < 1.29 is 0 Å². The van der Waals surface area contributed by atoms with E-state index in [2.05, 4.69) is 44.6 Å². The Morgan fingerprint density at radius 1 is 1.26 bits per heavy atom. The third-order valence-corrected chi connectivity index (χ3v) is 5.51. The van der Waals surface area contributed by atoms with Crippen molar-refractivity contribution in [2.24, 2.45) is 15.7 Å². The van der Waals surface area contributed by atoms with Gasteiger partial charge in [0.1, 0.15) is 0 Å². The number of nitrogens with zero attached hydrogens (tertiary/aromatic N) is 5. The smallest absolute Gasteiger partial charge is 0.154 e. The molecule has 0 bridgehead atoms. The van der Waals surface area contributed by atoms with Crippen LogP contribution in [0.3, 0.4) is 0 Å². The van der Waals surface area contributed by atoms with E-state index in [1.54, 1.807) is 0 Å². The van der Waals surface area contributed by atoms with Crippen LogP contribution in [0.15, 0.2) is 93.8 Å². The lowest BCUT2D eigenvalue weighted by molar-refractivity contribution is 0.569. The Morgan fingerprint density at radius 2 is 2.19 bits per heavy atom. The zero-order valence-electron chi connectivity index (χ0n) is 18.1. The molecule has 0 radical (unpaired) electrons. The first-order chi connectivity index (χ1) is 15.2. The van der Waals surface area contributed by atoms with Crippen molar-refractivity contribution in [3.8, 4) is 0 Å². The Labute approximate surface area is 184 Å². The van der Waals surface area contributed by atoms with Gasteiger partial charge in [0.15, 0.2) is 5.82 Å². The van der Waals surface area contributed by atoms with Crippen LogP contribution in [0.4, 0.5) is 0 Å². The second-order valence-electron chi connectivity index (χ2n) is 7.86. The zero-order valence-corrected chi connectivity index (χ0v) is 18.1. The maximum atomic E-state index is 6.38. The van der Waals surface area contributed by atoms with E-state index in [-0.39, 0.29) is 0 Å². The minimum Gasteiger partial charge on any atom is -0.397 e. The average Bonchev–Trinajstić information content (AvgIpc) is 3.07. The molecule has 0 saturated heterocycles. The highest BCUT2D eigenvalue weighted by Crippen LogP contribution is 2.22. The number of aromatic nitrogens is 2. The zero-order chi connectivity index (χ0) is 21.5. The Morgan fingerprint density at radius 3 is 3.03 bits per heavy atom. The minimum atomic E-state index is 0.705. The molecule has 0 fully saturated rings. The number of hydrogen-bond donors (Lipinski definition) is 1. The molecule has 1 aromatic heterocycles. The van der Waals surface area contributed by atoms with Crippen LogP contribution >= 0.6 is 0 Å². The van der Waals surface area contributed by atoms with Crippen molar-refractivity contribution >= 4 is 12.1 Å². The molecule has 6 heteroatoms. The van der Waals surface area contributed by atoms with Crippen molar-refractivity contribution in [3.05, 3.63) is 89.6 Å². The van der Waals surface area contributed by atoms with Crippen LogP contribution in [0.1, 0.15) is 44.9 Å². The van der Waals surface area contributed by atoms with Gasteiger partial charge < -0.3 is 15.2 Å². The second-order valence-corrected chi connectivity index (χ2v) is 7.86. The van der Waals surface area contributed by atoms with Crippen LogP contribution in [-0.2, 0) is 6.54 Å². The summed E-state index contributed by atoms with van der Waals surface area (Å²) < 4.78 is 2.16. The molecule has 2 N–H and O–H groups in total. The first-order valence-corrected chi connectivity index (χ1v) is 11.0. The van der Waals surface area contributed by atoms with Crippen LogP contribution in [0, 0.1) is 0 Å². The topological polar surface area (TPSA) is 71.8 Å². The van der Waals surface area contributed by atoms with Crippen LogP contribution in [0.2, 0.25) is 0 Å². The third-order valence-electron chi connectivity index (χ3n) is 5.51. The van der Waals surface area contributed by atoms with Gasteiger partial charge in [0.25, 0.3) is 0 Å². The van der Waals surface area contributed by atoms with E-state index in [9.17, 15) is 0 Å². The number of allylic oxidation sites excluding steroid dienone is 7. The Kier molecular flexibility index (Phi) is 6.77. The Bertz CT molecular complexity index is 1040. The van der Waals surface area contributed by atoms with Gasteiger partial charge in [-0.2, -0.15) is 0 Å². The van der Waals surface area contributed by atoms with Gasteiger partial charge in [-0.15, -0.1) is 0 Å². The van der Waals surface area contributed by atoms with Crippen LogP contribution in [-0.4, -0.2) is 33.0 Å². The summed E-state index contributed by atoms with van der Waals surface area (Å²) in [6.07, 6.45) is 27.0. The van der Waals surface area contributed by atoms with Crippen LogP contribution < -0.4 is 5.73 Å². The standard InChI is InChI=1S/C25H30N6/c1-2-9-21-16-30(17-22(26)20-10-5-3-4-6-11-20)19-29-24(21)18-31-15-14-28-25(31)23-12-7-8-13-27-23/h3-5,8,10-11,13-15,17,19H,2,6-7,9,12,16,18,26H2,1H3/b22-17-. The average molecular weight is 415 g/mol. The summed E-state index contributed by atoms with van der Waals surface area (Å²) in [7, 11) is 0. The summed E-state index contributed by atoms with van der Waals surface area (Å²) in [5.41, 5.74) is 11.7. The number of hydrogen-bond acceptors (Lipinski definition) is 5. The molecule has 0 aromatic carbocycles. The van der Waals surface area contributed by atoms with Gasteiger partial charge in [-0.05, 0) is 36.8 Å². The molecule has 0 unspecified atom stereocenters. The van der Waals surface area contributed by atoms with Gasteiger partial charge in [-0.1, -0.05) is 49.8 Å². The highest BCUT2D eigenvalue weighted by atomic mass is 15.2. The quantitative estimate of drug-likeness (QED) is 0.708. The first-order valence-electron chi connectivity index (χ1n) is 11.0. The first kappa shape index (κ1) is 20.8.